The van der Waals surface area contributed by atoms with Crippen LogP contribution < -0.4 is 10.6 Å². The van der Waals surface area contributed by atoms with E-state index in [2.05, 4.69) is 50.2 Å². The molecule has 0 radical (unpaired) electrons. The van der Waals surface area contributed by atoms with Gasteiger partial charge in [-0.25, -0.2) is 4.98 Å². The summed E-state index contributed by atoms with van der Waals surface area (Å²) in [5.74, 6) is 0.931. The van der Waals surface area contributed by atoms with E-state index in [9.17, 15) is 0 Å². The van der Waals surface area contributed by atoms with Crippen LogP contribution in [0.2, 0.25) is 0 Å². The van der Waals surface area contributed by atoms with Gasteiger partial charge < -0.3 is 20.1 Å². The van der Waals surface area contributed by atoms with Gasteiger partial charge in [0.15, 0.2) is 5.96 Å². The Kier molecular flexibility index (Phi) is 7.31. The molecule has 1 aromatic heterocycles. The monoisotopic (exact) mass is 356 g/mol. The van der Waals surface area contributed by atoms with Crippen LogP contribution in [0.25, 0.3) is 11.0 Å². The van der Waals surface area contributed by atoms with Crippen LogP contribution in [-0.2, 0) is 6.54 Å². The predicted octanol–water partition coefficient (Wildman–Crippen LogP) is 2.47. The number of fused-ring (bicyclic) bond motifs is 1. The van der Waals surface area contributed by atoms with Gasteiger partial charge in [-0.05, 0) is 51.4 Å². The Morgan fingerprint density at radius 3 is 2.81 bits per heavy atom. The van der Waals surface area contributed by atoms with Gasteiger partial charge in [-0.3, -0.25) is 4.99 Å². The zero-order valence-corrected chi connectivity index (χ0v) is 16.0. The lowest BCUT2D eigenvalue weighted by molar-refractivity contribution is 0.232. The molecule has 3 rings (SSSR count). The number of guanidine groups is 1. The zero-order chi connectivity index (χ0) is 18.0. The Bertz CT molecular complexity index is 686. The maximum atomic E-state index is 4.72. The number of likely N-dealkylation sites (tertiary alicyclic amines) is 1. The third-order valence-electron chi connectivity index (χ3n) is 4.87. The van der Waals surface area contributed by atoms with E-state index < -0.39 is 0 Å². The van der Waals surface area contributed by atoms with Crippen LogP contribution in [0.15, 0.2) is 35.6 Å². The standard InChI is InChI=1S/C20H32N6/c1-2-21-20(23-12-16-25-13-6-3-7-14-25)22-11-8-15-26-17-24-18-9-4-5-10-19(18)26/h4-5,9-10,17H,2-3,6-8,11-16H2,1H3,(H2,21,22,23). The second-order valence-corrected chi connectivity index (χ2v) is 6.87. The fraction of sp³-hybridized carbons (Fsp3) is 0.600. The minimum Gasteiger partial charge on any atom is -0.357 e. The summed E-state index contributed by atoms with van der Waals surface area (Å²) < 4.78 is 2.21. The number of aliphatic imine (C=N–C) groups is 1. The molecule has 6 nitrogen and oxygen atoms in total. The third-order valence-corrected chi connectivity index (χ3v) is 4.87. The Labute approximate surface area is 156 Å². The number of hydrogen-bond donors (Lipinski definition) is 2. The number of rotatable bonds is 8. The highest BCUT2D eigenvalue weighted by Gasteiger charge is 2.09. The minimum atomic E-state index is 0.811. The van der Waals surface area contributed by atoms with Gasteiger partial charge in [0, 0.05) is 32.7 Å². The van der Waals surface area contributed by atoms with Gasteiger partial charge in [0.1, 0.15) is 0 Å². The van der Waals surface area contributed by atoms with Gasteiger partial charge in [0.2, 0.25) is 0 Å². The number of para-hydroxylation sites is 2. The molecule has 0 atom stereocenters. The average Bonchev–Trinajstić information content (AvgIpc) is 3.09. The lowest BCUT2D eigenvalue weighted by atomic mass is 10.1. The van der Waals surface area contributed by atoms with Crippen LogP contribution in [0, 0.1) is 0 Å². The lowest BCUT2D eigenvalue weighted by Gasteiger charge is -2.26. The number of nitrogens with zero attached hydrogens (tertiary/aromatic N) is 4. The normalized spacial score (nSPS) is 16.1. The molecule has 142 valence electrons. The van der Waals surface area contributed by atoms with Crippen molar-refractivity contribution < 1.29 is 0 Å². The summed E-state index contributed by atoms with van der Waals surface area (Å²) in [5.41, 5.74) is 2.26. The molecular weight excluding hydrogens is 324 g/mol. The van der Waals surface area contributed by atoms with E-state index in [4.69, 9.17) is 4.99 Å². The Morgan fingerprint density at radius 2 is 1.96 bits per heavy atom. The van der Waals surface area contributed by atoms with Gasteiger partial charge in [-0.2, -0.15) is 0 Å². The van der Waals surface area contributed by atoms with Crippen molar-refractivity contribution in [3.63, 3.8) is 0 Å². The van der Waals surface area contributed by atoms with Crippen LogP contribution in [0.1, 0.15) is 32.6 Å². The van der Waals surface area contributed by atoms with Crippen LogP contribution in [-0.4, -0.2) is 59.7 Å². The number of hydrogen-bond acceptors (Lipinski definition) is 3. The summed E-state index contributed by atoms with van der Waals surface area (Å²) in [6.07, 6.45) is 7.01. The smallest absolute Gasteiger partial charge is 0.191 e. The van der Waals surface area contributed by atoms with Crippen molar-refractivity contribution >= 4 is 17.0 Å². The summed E-state index contributed by atoms with van der Waals surface area (Å²) in [7, 11) is 0. The minimum absolute atomic E-state index is 0.811. The molecule has 0 unspecified atom stereocenters. The molecule has 1 aliphatic rings. The molecular formula is C20H32N6. The van der Waals surface area contributed by atoms with E-state index in [0.717, 1.165) is 50.6 Å². The van der Waals surface area contributed by atoms with E-state index in [1.54, 1.807) is 0 Å². The molecule has 0 amide bonds. The summed E-state index contributed by atoms with van der Waals surface area (Å²) >= 11 is 0. The van der Waals surface area contributed by atoms with Crippen molar-refractivity contribution in [3.8, 4) is 0 Å². The van der Waals surface area contributed by atoms with Crippen LogP contribution in [0.3, 0.4) is 0 Å². The van der Waals surface area contributed by atoms with Crippen molar-refractivity contribution in [3.05, 3.63) is 30.6 Å². The molecule has 0 aliphatic carbocycles. The quantitative estimate of drug-likeness (QED) is 0.433. The maximum absolute atomic E-state index is 4.72. The molecule has 26 heavy (non-hydrogen) atoms. The molecule has 0 saturated carbocycles. The summed E-state index contributed by atoms with van der Waals surface area (Å²) in [6.45, 7) is 9.30. The zero-order valence-electron chi connectivity index (χ0n) is 16.0. The van der Waals surface area contributed by atoms with E-state index in [0.29, 0.717) is 0 Å². The van der Waals surface area contributed by atoms with Crippen molar-refractivity contribution in [1.82, 2.24) is 25.1 Å². The van der Waals surface area contributed by atoms with E-state index in [1.165, 1.54) is 37.9 Å². The van der Waals surface area contributed by atoms with Crippen LogP contribution >= 0.6 is 0 Å². The SMILES string of the molecule is CCNC(=NCCCn1cnc2ccccc21)NCCN1CCCCC1. The number of benzene rings is 1. The second-order valence-electron chi connectivity index (χ2n) is 6.87. The number of nitrogens with one attached hydrogen (secondary N) is 2. The molecule has 2 heterocycles. The molecule has 1 aliphatic heterocycles. The first-order chi connectivity index (χ1) is 12.9. The van der Waals surface area contributed by atoms with Gasteiger partial charge >= 0.3 is 0 Å². The van der Waals surface area contributed by atoms with Crippen LogP contribution in [0.4, 0.5) is 0 Å². The van der Waals surface area contributed by atoms with Gasteiger partial charge in [-0.1, -0.05) is 18.6 Å². The molecule has 1 aromatic carbocycles. The average molecular weight is 357 g/mol. The first-order valence-electron chi connectivity index (χ1n) is 10.0. The van der Waals surface area contributed by atoms with Crippen LogP contribution in [0.5, 0.6) is 0 Å². The second kappa shape index (κ2) is 10.2. The molecule has 2 N–H and O–H groups in total. The maximum Gasteiger partial charge on any atom is 0.191 e. The highest BCUT2D eigenvalue weighted by molar-refractivity contribution is 5.79. The summed E-state index contributed by atoms with van der Waals surface area (Å²) in [4.78, 5) is 11.7. The highest BCUT2D eigenvalue weighted by atomic mass is 15.2. The first kappa shape index (κ1) is 18.7. The molecule has 1 saturated heterocycles. The third kappa shape index (κ3) is 5.46. The van der Waals surface area contributed by atoms with E-state index >= 15 is 0 Å². The Morgan fingerprint density at radius 1 is 1.12 bits per heavy atom. The summed E-state index contributed by atoms with van der Waals surface area (Å²) in [6, 6.07) is 8.27. The van der Waals surface area contributed by atoms with Gasteiger partial charge in [0.25, 0.3) is 0 Å². The highest BCUT2D eigenvalue weighted by Crippen LogP contribution is 2.12. The number of imidazole rings is 1. The molecule has 0 spiro atoms. The predicted molar refractivity (Wildman–Crippen MR) is 109 cm³/mol. The summed E-state index contributed by atoms with van der Waals surface area (Å²) in [5, 5.41) is 6.81. The Hall–Kier alpha value is -2.08. The van der Waals surface area contributed by atoms with Gasteiger partial charge in [-0.15, -0.1) is 0 Å². The molecule has 2 aromatic rings. The topological polar surface area (TPSA) is 57.5 Å². The van der Waals surface area contributed by atoms with Crippen molar-refractivity contribution in [2.75, 3.05) is 39.3 Å². The number of aromatic nitrogens is 2. The molecule has 0 bridgehead atoms. The Balaban J connectivity index is 1.41. The molecule has 6 heteroatoms. The fourth-order valence-corrected chi connectivity index (χ4v) is 3.48. The lowest BCUT2D eigenvalue weighted by Crippen LogP contribution is -2.42. The number of piperidine rings is 1. The van der Waals surface area contributed by atoms with Crippen molar-refractivity contribution in [2.45, 2.75) is 39.2 Å². The van der Waals surface area contributed by atoms with Crippen molar-refractivity contribution in [2.24, 2.45) is 4.99 Å². The fourth-order valence-electron chi connectivity index (χ4n) is 3.48. The van der Waals surface area contributed by atoms with Gasteiger partial charge in [0.05, 0.1) is 17.4 Å². The van der Waals surface area contributed by atoms with E-state index in [-0.39, 0.29) is 0 Å². The number of aryl methyl sites for hydroxylation is 1. The first-order valence-corrected chi connectivity index (χ1v) is 10.0. The largest absolute Gasteiger partial charge is 0.357 e. The van der Waals surface area contributed by atoms with Crippen molar-refractivity contribution in [1.29, 1.82) is 0 Å². The molecule has 1 fully saturated rings. The van der Waals surface area contributed by atoms with E-state index in [1.807, 2.05) is 12.4 Å².